The summed E-state index contributed by atoms with van der Waals surface area (Å²) in [6.45, 7) is -0.0527. The zero-order valence-corrected chi connectivity index (χ0v) is 7.70. The van der Waals surface area contributed by atoms with E-state index in [2.05, 4.69) is 10.2 Å². The van der Waals surface area contributed by atoms with E-state index < -0.39 is 11.9 Å². The molecule has 0 saturated carbocycles. The van der Waals surface area contributed by atoms with Crippen molar-refractivity contribution in [3.05, 3.63) is 34.6 Å². The summed E-state index contributed by atoms with van der Waals surface area (Å²) in [5.41, 5.74) is 0.400. The summed E-state index contributed by atoms with van der Waals surface area (Å²) in [5, 5.41) is 14.3. The van der Waals surface area contributed by atoms with Crippen molar-refractivity contribution >= 4 is 17.7 Å². The van der Waals surface area contributed by atoms with Gasteiger partial charge in [0.15, 0.2) is 0 Å². The third-order valence-corrected chi connectivity index (χ3v) is 1.85. The minimum absolute atomic E-state index is 0.0527. The number of carboxylic acid groups (broad SMARTS) is 1. The van der Waals surface area contributed by atoms with E-state index in [1.54, 1.807) is 6.07 Å². The minimum Gasteiger partial charge on any atom is -0.462 e. The molecule has 1 aromatic rings. The number of nitrogens with zero attached hydrogens (tertiary/aromatic N) is 2. The third kappa shape index (κ3) is 2.77. The Morgan fingerprint density at radius 2 is 2.29 bits per heavy atom. The van der Waals surface area contributed by atoms with Crippen molar-refractivity contribution in [1.82, 2.24) is 0 Å². The van der Waals surface area contributed by atoms with Crippen LogP contribution in [0.15, 0.2) is 28.4 Å². The molecule has 0 spiro atoms. The molecule has 0 bridgehead atoms. The van der Waals surface area contributed by atoms with Gasteiger partial charge in [-0.3, -0.25) is 0 Å². The van der Waals surface area contributed by atoms with Crippen LogP contribution in [0.25, 0.3) is 0 Å². The molecule has 1 rings (SSSR count). The van der Waals surface area contributed by atoms with Crippen LogP contribution >= 0.6 is 11.6 Å². The first kappa shape index (κ1) is 10.6. The molecular formula is C8H6ClFN2O2. The van der Waals surface area contributed by atoms with Crippen LogP contribution in [0.3, 0.4) is 0 Å². The molecule has 1 N–H and O–H groups in total. The highest BCUT2D eigenvalue weighted by Crippen LogP contribution is 2.20. The highest BCUT2D eigenvalue weighted by atomic mass is 35.5. The lowest BCUT2D eigenvalue weighted by Gasteiger charge is -1.99. The van der Waals surface area contributed by atoms with Gasteiger partial charge in [0.2, 0.25) is 0 Å². The number of amides is 1. The van der Waals surface area contributed by atoms with Gasteiger partial charge in [0.05, 0.1) is 11.6 Å². The summed E-state index contributed by atoms with van der Waals surface area (Å²) in [5.74, 6) is -0.560. The number of azo groups is 1. The monoisotopic (exact) mass is 216 g/mol. The van der Waals surface area contributed by atoms with Crippen molar-refractivity contribution in [2.24, 2.45) is 10.2 Å². The van der Waals surface area contributed by atoms with Crippen LogP contribution in [0, 0.1) is 5.82 Å². The maximum absolute atomic E-state index is 12.8. The maximum Gasteiger partial charge on any atom is 0.449 e. The standard InChI is InChI=1S/C8H6ClFN2O2/c9-7-5(2-1-3-6(7)10)4-11-12-8(13)14/h1-3H,4H2,(H,13,14)/b12-11+. The first-order valence-corrected chi connectivity index (χ1v) is 4.02. The van der Waals surface area contributed by atoms with Gasteiger partial charge in [0, 0.05) is 0 Å². The highest BCUT2D eigenvalue weighted by molar-refractivity contribution is 6.31. The second kappa shape index (κ2) is 4.66. The van der Waals surface area contributed by atoms with E-state index in [1.807, 2.05) is 0 Å². The fourth-order valence-electron chi connectivity index (χ4n) is 0.843. The van der Waals surface area contributed by atoms with E-state index in [9.17, 15) is 9.18 Å². The Bertz CT molecular complexity index is 382. The molecule has 14 heavy (non-hydrogen) atoms. The molecule has 1 amide bonds. The molecule has 4 nitrogen and oxygen atoms in total. The summed E-state index contributed by atoms with van der Waals surface area (Å²) < 4.78 is 12.8. The Morgan fingerprint density at radius 3 is 2.93 bits per heavy atom. The van der Waals surface area contributed by atoms with Crippen molar-refractivity contribution in [3.8, 4) is 0 Å². The summed E-state index contributed by atoms with van der Waals surface area (Å²) in [6.07, 6.45) is -1.39. The van der Waals surface area contributed by atoms with Crippen LogP contribution in [0.5, 0.6) is 0 Å². The van der Waals surface area contributed by atoms with Gasteiger partial charge in [-0.2, -0.15) is 5.11 Å². The Kier molecular flexibility index (Phi) is 3.53. The highest BCUT2D eigenvalue weighted by Gasteiger charge is 2.04. The average Bonchev–Trinajstić information content (AvgIpc) is 2.12. The van der Waals surface area contributed by atoms with Gasteiger partial charge in [-0.25, -0.2) is 9.18 Å². The lowest BCUT2D eigenvalue weighted by molar-refractivity contribution is 0.203. The summed E-state index contributed by atoms with van der Waals surface area (Å²) >= 11 is 5.58. The van der Waals surface area contributed by atoms with Gasteiger partial charge in [0.1, 0.15) is 5.82 Å². The molecule has 0 unspecified atom stereocenters. The third-order valence-electron chi connectivity index (χ3n) is 1.43. The summed E-state index contributed by atoms with van der Waals surface area (Å²) in [7, 11) is 0. The van der Waals surface area contributed by atoms with Gasteiger partial charge in [0.25, 0.3) is 0 Å². The fourth-order valence-corrected chi connectivity index (χ4v) is 1.03. The van der Waals surface area contributed by atoms with Crippen molar-refractivity contribution < 1.29 is 14.3 Å². The Labute approximate surface area is 84.0 Å². The van der Waals surface area contributed by atoms with Crippen LogP contribution in [0.4, 0.5) is 9.18 Å². The Balaban J connectivity index is 2.77. The second-order valence-corrected chi connectivity index (χ2v) is 2.77. The molecule has 0 aliphatic heterocycles. The van der Waals surface area contributed by atoms with Gasteiger partial charge in [-0.15, -0.1) is 0 Å². The second-order valence-electron chi connectivity index (χ2n) is 2.40. The quantitative estimate of drug-likeness (QED) is 0.772. The van der Waals surface area contributed by atoms with Crippen molar-refractivity contribution in [2.75, 3.05) is 0 Å². The smallest absolute Gasteiger partial charge is 0.449 e. The predicted molar refractivity (Wildman–Crippen MR) is 48.0 cm³/mol. The Morgan fingerprint density at radius 1 is 1.57 bits per heavy atom. The number of hydrogen-bond donors (Lipinski definition) is 1. The van der Waals surface area contributed by atoms with Crippen LogP contribution in [-0.2, 0) is 6.54 Å². The fraction of sp³-hybridized carbons (Fsp3) is 0.125. The SMILES string of the molecule is O=C(O)/N=N/Cc1cccc(F)c1Cl. The molecule has 0 aromatic heterocycles. The molecule has 0 aliphatic carbocycles. The molecule has 0 radical (unpaired) electrons. The van der Waals surface area contributed by atoms with E-state index in [4.69, 9.17) is 16.7 Å². The van der Waals surface area contributed by atoms with Gasteiger partial charge < -0.3 is 5.11 Å². The minimum atomic E-state index is -1.39. The lowest BCUT2D eigenvalue weighted by Crippen LogP contribution is -1.88. The van der Waals surface area contributed by atoms with E-state index >= 15 is 0 Å². The molecule has 74 valence electrons. The predicted octanol–water partition coefficient (Wildman–Crippen LogP) is 3.11. The molecule has 0 fully saturated rings. The number of carbonyl (C=O) groups is 1. The first-order valence-electron chi connectivity index (χ1n) is 3.64. The molecular weight excluding hydrogens is 211 g/mol. The molecule has 1 aromatic carbocycles. The average molecular weight is 217 g/mol. The van der Waals surface area contributed by atoms with Gasteiger partial charge in [-0.05, 0) is 11.6 Å². The topological polar surface area (TPSA) is 62.0 Å². The number of benzene rings is 1. The Hall–Kier alpha value is -1.49. The van der Waals surface area contributed by atoms with Crippen LogP contribution in [0.2, 0.25) is 5.02 Å². The number of hydrogen-bond acceptors (Lipinski definition) is 2. The van der Waals surface area contributed by atoms with Crippen LogP contribution < -0.4 is 0 Å². The molecule has 0 atom stereocenters. The number of rotatable bonds is 2. The zero-order chi connectivity index (χ0) is 10.6. The van der Waals surface area contributed by atoms with Crippen LogP contribution in [0.1, 0.15) is 5.56 Å². The van der Waals surface area contributed by atoms with E-state index in [0.717, 1.165) is 0 Å². The zero-order valence-electron chi connectivity index (χ0n) is 6.94. The maximum atomic E-state index is 12.8. The first-order chi connectivity index (χ1) is 6.61. The normalized spacial score (nSPS) is 10.7. The number of halogens is 2. The van der Waals surface area contributed by atoms with E-state index in [1.165, 1.54) is 12.1 Å². The molecule has 0 heterocycles. The molecule has 6 heteroatoms. The van der Waals surface area contributed by atoms with Crippen molar-refractivity contribution in [3.63, 3.8) is 0 Å². The summed E-state index contributed by atoms with van der Waals surface area (Å²) in [6, 6.07) is 4.22. The molecule has 0 saturated heterocycles. The van der Waals surface area contributed by atoms with E-state index in [0.29, 0.717) is 5.56 Å². The van der Waals surface area contributed by atoms with Crippen molar-refractivity contribution in [2.45, 2.75) is 6.54 Å². The largest absolute Gasteiger partial charge is 0.462 e. The van der Waals surface area contributed by atoms with Gasteiger partial charge in [-0.1, -0.05) is 28.8 Å². The van der Waals surface area contributed by atoms with Crippen LogP contribution in [-0.4, -0.2) is 11.2 Å². The lowest BCUT2D eigenvalue weighted by atomic mass is 10.2. The van der Waals surface area contributed by atoms with E-state index in [-0.39, 0.29) is 11.6 Å². The summed E-state index contributed by atoms with van der Waals surface area (Å²) in [4.78, 5) is 9.97. The molecule has 0 aliphatic rings. The van der Waals surface area contributed by atoms with Crippen molar-refractivity contribution in [1.29, 1.82) is 0 Å². The van der Waals surface area contributed by atoms with Gasteiger partial charge >= 0.3 is 6.09 Å².